The Labute approximate surface area is 112 Å². The molecule has 0 radical (unpaired) electrons. The normalized spacial score (nSPS) is 13.2. The minimum absolute atomic E-state index is 0.240. The molecular weight excluding hydrogens is 274 g/mol. The summed E-state index contributed by atoms with van der Waals surface area (Å²) >= 11 is 0. The van der Waals surface area contributed by atoms with Gasteiger partial charge in [-0.2, -0.15) is 13.2 Å². The van der Waals surface area contributed by atoms with Crippen molar-refractivity contribution in [2.75, 3.05) is 5.73 Å². The number of benzene rings is 1. The largest absolute Gasteiger partial charge is 0.416 e. The highest BCUT2D eigenvalue weighted by Gasteiger charge is 2.32. The van der Waals surface area contributed by atoms with Gasteiger partial charge >= 0.3 is 6.18 Å². The number of rotatable bonds is 2. The van der Waals surface area contributed by atoms with Gasteiger partial charge in [0, 0.05) is 29.2 Å². The van der Waals surface area contributed by atoms with Crippen LogP contribution < -0.4 is 11.5 Å². The predicted octanol–water partition coefficient (Wildman–Crippen LogP) is 2.87. The Hall–Kier alpha value is -2.15. The van der Waals surface area contributed by atoms with E-state index in [1.165, 1.54) is 18.5 Å². The van der Waals surface area contributed by atoms with Gasteiger partial charge in [0.25, 0.3) is 0 Å². The number of nitrogens with two attached hydrogens (primary N) is 2. The zero-order valence-corrected chi connectivity index (χ0v) is 10.2. The summed E-state index contributed by atoms with van der Waals surface area (Å²) in [5.74, 6) is -0.825. The van der Waals surface area contributed by atoms with Crippen molar-refractivity contribution < 1.29 is 17.6 Å². The third-order valence-electron chi connectivity index (χ3n) is 2.88. The van der Waals surface area contributed by atoms with Gasteiger partial charge in [0.05, 0.1) is 11.6 Å². The molecule has 1 aromatic heterocycles. The molecule has 0 aliphatic rings. The Morgan fingerprint density at radius 1 is 1.10 bits per heavy atom. The van der Waals surface area contributed by atoms with E-state index in [0.717, 1.165) is 6.07 Å². The fourth-order valence-corrected chi connectivity index (χ4v) is 1.80. The molecule has 2 aromatic rings. The number of aromatic nitrogens is 1. The van der Waals surface area contributed by atoms with Crippen molar-refractivity contribution in [1.29, 1.82) is 0 Å². The average Bonchev–Trinajstić information content (AvgIpc) is 2.37. The summed E-state index contributed by atoms with van der Waals surface area (Å²) in [6.07, 6.45) is -1.85. The monoisotopic (exact) mass is 285 g/mol. The Balaban J connectivity index is 2.50. The van der Waals surface area contributed by atoms with Crippen LogP contribution in [-0.4, -0.2) is 4.98 Å². The van der Waals surface area contributed by atoms with E-state index >= 15 is 0 Å². The molecule has 0 spiro atoms. The molecular formula is C13H11F4N3. The molecule has 3 nitrogen and oxygen atoms in total. The molecule has 1 unspecified atom stereocenters. The molecule has 0 fully saturated rings. The Morgan fingerprint density at radius 3 is 2.40 bits per heavy atom. The van der Waals surface area contributed by atoms with Crippen LogP contribution in [0.15, 0.2) is 36.7 Å². The molecule has 4 N–H and O–H groups in total. The van der Waals surface area contributed by atoms with Crippen LogP contribution in [-0.2, 0) is 6.18 Å². The molecule has 1 heterocycles. The summed E-state index contributed by atoms with van der Waals surface area (Å²) < 4.78 is 51.7. The number of hydrogen-bond donors (Lipinski definition) is 2. The molecule has 106 valence electrons. The van der Waals surface area contributed by atoms with Crippen LogP contribution in [0.3, 0.4) is 0 Å². The van der Waals surface area contributed by atoms with Crippen molar-refractivity contribution in [3.05, 3.63) is 59.2 Å². The van der Waals surface area contributed by atoms with E-state index in [1.807, 2.05) is 0 Å². The molecule has 0 saturated carbocycles. The first kappa shape index (κ1) is 14.3. The molecule has 0 aliphatic heterocycles. The highest BCUT2D eigenvalue weighted by atomic mass is 19.4. The second-order valence-corrected chi connectivity index (χ2v) is 4.22. The van der Waals surface area contributed by atoms with E-state index in [9.17, 15) is 17.6 Å². The summed E-state index contributed by atoms with van der Waals surface area (Å²) in [6, 6.07) is 2.42. The van der Waals surface area contributed by atoms with Gasteiger partial charge in [0.2, 0.25) is 0 Å². The quantitative estimate of drug-likeness (QED) is 0.834. The van der Waals surface area contributed by atoms with Crippen molar-refractivity contribution in [1.82, 2.24) is 4.98 Å². The number of hydrogen-bond acceptors (Lipinski definition) is 3. The lowest BCUT2D eigenvalue weighted by atomic mass is 9.97. The first-order chi connectivity index (χ1) is 9.30. The van der Waals surface area contributed by atoms with Crippen molar-refractivity contribution in [2.45, 2.75) is 12.2 Å². The standard InChI is InChI=1S/C13H11F4N3/c14-10-2-1-7(13(15,16)17)5-8(10)12(19)9-6-20-4-3-11(9)18/h1-6,12H,19H2,(H2,18,20). The highest BCUT2D eigenvalue weighted by molar-refractivity contribution is 5.50. The SMILES string of the molecule is Nc1ccncc1C(N)c1cc(C(F)(F)F)ccc1F. The van der Waals surface area contributed by atoms with Gasteiger partial charge in [-0.3, -0.25) is 4.98 Å². The summed E-state index contributed by atoms with van der Waals surface area (Å²) in [7, 11) is 0. The van der Waals surface area contributed by atoms with Crippen molar-refractivity contribution in [3.63, 3.8) is 0 Å². The third-order valence-corrected chi connectivity index (χ3v) is 2.88. The predicted molar refractivity (Wildman–Crippen MR) is 66.1 cm³/mol. The zero-order valence-electron chi connectivity index (χ0n) is 10.2. The Bertz CT molecular complexity index is 625. The van der Waals surface area contributed by atoms with Crippen LogP contribution in [0.4, 0.5) is 23.2 Å². The molecule has 20 heavy (non-hydrogen) atoms. The number of halogens is 4. The molecule has 1 aromatic carbocycles. The second kappa shape index (κ2) is 5.09. The van der Waals surface area contributed by atoms with Gasteiger partial charge in [-0.25, -0.2) is 4.39 Å². The molecule has 7 heteroatoms. The van der Waals surface area contributed by atoms with E-state index in [1.54, 1.807) is 0 Å². The van der Waals surface area contributed by atoms with Gasteiger partial charge in [0.1, 0.15) is 5.82 Å². The first-order valence-electron chi connectivity index (χ1n) is 5.62. The summed E-state index contributed by atoms with van der Waals surface area (Å²) in [5, 5.41) is 0. The Morgan fingerprint density at radius 2 is 1.80 bits per heavy atom. The lowest BCUT2D eigenvalue weighted by molar-refractivity contribution is -0.137. The number of nitrogens with zero attached hydrogens (tertiary/aromatic N) is 1. The lowest BCUT2D eigenvalue weighted by Crippen LogP contribution is -2.17. The fraction of sp³-hybridized carbons (Fsp3) is 0.154. The van der Waals surface area contributed by atoms with Crippen LogP contribution in [0.25, 0.3) is 0 Å². The highest BCUT2D eigenvalue weighted by Crippen LogP contribution is 2.33. The maximum Gasteiger partial charge on any atom is 0.416 e. The van der Waals surface area contributed by atoms with Crippen molar-refractivity contribution in [3.8, 4) is 0 Å². The summed E-state index contributed by atoms with van der Waals surface area (Å²) in [4.78, 5) is 3.79. The minimum Gasteiger partial charge on any atom is -0.398 e. The van der Waals surface area contributed by atoms with E-state index in [0.29, 0.717) is 12.1 Å². The van der Waals surface area contributed by atoms with Gasteiger partial charge in [-0.15, -0.1) is 0 Å². The molecule has 0 bridgehead atoms. The van der Waals surface area contributed by atoms with Gasteiger partial charge in [-0.1, -0.05) is 0 Å². The van der Waals surface area contributed by atoms with Crippen LogP contribution in [0.2, 0.25) is 0 Å². The van der Waals surface area contributed by atoms with Crippen molar-refractivity contribution in [2.24, 2.45) is 5.73 Å². The summed E-state index contributed by atoms with van der Waals surface area (Å²) in [5.41, 5.74) is 10.7. The second-order valence-electron chi connectivity index (χ2n) is 4.22. The first-order valence-corrected chi connectivity index (χ1v) is 5.62. The molecule has 0 saturated heterocycles. The minimum atomic E-state index is -4.57. The lowest BCUT2D eigenvalue weighted by Gasteiger charge is -2.17. The van der Waals surface area contributed by atoms with E-state index in [2.05, 4.69) is 4.98 Å². The molecule has 2 rings (SSSR count). The maximum absolute atomic E-state index is 13.7. The van der Waals surface area contributed by atoms with Crippen LogP contribution in [0.1, 0.15) is 22.7 Å². The third kappa shape index (κ3) is 2.72. The van der Waals surface area contributed by atoms with Gasteiger partial charge < -0.3 is 11.5 Å². The van der Waals surface area contributed by atoms with Gasteiger partial charge in [-0.05, 0) is 24.3 Å². The maximum atomic E-state index is 13.7. The number of pyridine rings is 1. The smallest absolute Gasteiger partial charge is 0.398 e. The zero-order chi connectivity index (χ0) is 14.9. The number of anilines is 1. The molecule has 0 amide bonds. The van der Waals surface area contributed by atoms with Crippen LogP contribution in [0, 0.1) is 5.82 Å². The Kier molecular flexibility index (Phi) is 3.63. The molecule has 1 atom stereocenters. The fourth-order valence-electron chi connectivity index (χ4n) is 1.80. The van der Waals surface area contributed by atoms with Crippen molar-refractivity contribution >= 4 is 5.69 Å². The van der Waals surface area contributed by atoms with E-state index in [-0.39, 0.29) is 16.8 Å². The van der Waals surface area contributed by atoms with E-state index in [4.69, 9.17) is 11.5 Å². The molecule has 0 aliphatic carbocycles. The average molecular weight is 285 g/mol. The van der Waals surface area contributed by atoms with Crippen LogP contribution in [0.5, 0.6) is 0 Å². The van der Waals surface area contributed by atoms with Crippen LogP contribution >= 0.6 is 0 Å². The van der Waals surface area contributed by atoms with Gasteiger partial charge in [0.15, 0.2) is 0 Å². The number of nitrogen functional groups attached to an aromatic ring is 1. The van der Waals surface area contributed by atoms with E-state index < -0.39 is 23.6 Å². The topological polar surface area (TPSA) is 64.9 Å². The number of alkyl halides is 3. The summed E-state index contributed by atoms with van der Waals surface area (Å²) in [6.45, 7) is 0.